The van der Waals surface area contributed by atoms with Gasteiger partial charge in [-0.1, -0.05) is 12.1 Å². The van der Waals surface area contributed by atoms with Gasteiger partial charge in [0.05, 0.1) is 7.11 Å². The predicted octanol–water partition coefficient (Wildman–Crippen LogP) is 3.15. The second-order valence-corrected chi connectivity index (χ2v) is 4.83. The highest BCUT2D eigenvalue weighted by Gasteiger charge is 2.11. The summed E-state index contributed by atoms with van der Waals surface area (Å²) in [6.45, 7) is 0.600. The van der Waals surface area contributed by atoms with Gasteiger partial charge in [-0.15, -0.1) is 0 Å². The monoisotopic (exact) mass is 287 g/mol. The van der Waals surface area contributed by atoms with E-state index in [1.807, 2.05) is 24.3 Å². The second-order valence-electron chi connectivity index (χ2n) is 4.83. The van der Waals surface area contributed by atoms with Crippen LogP contribution in [-0.4, -0.2) is 31.5 Å². The number of carbonyl (C=O) groups excluding carboxylic acids is 1. The first kappa shape index (κ1) is 15.0. The summed E-state index contributed by atoms with van der Waals surface area (Å²) in [7, 11) is 3.37. The van der Waals surface area contributed by atoms with Crippen LogP contribution in [0.5, 0.6) is 5.75 Å². The molecule has 0 atom stereocenters. The van der Waals surface area contributed by atoms with Crippen LogP contribution in [0.4, 0.5) is 4.39 Å². The Bertz CT molecular complexity index is 593. The number of halogens is 1. The van der Waals surface area contributed by atoms with Crippen LogP contribution >= 0.6 is 0 Å². The van der Waals surface area contributed by atoms with Crippen LogP contribution < -0.4 is 4.74 Å². The van der Waals surface area contributed by atoms with Crippen LogP contribution in [0, 0.1) is 5.82 Å². The predicted molar refractivity (Wildman–Crippen MR) is 80.1 cm³/mol. The molecule has 3 nitrogen and oxygen atoms in total. The SMILES string of the molecule is COc1ccc(CCN(C)C(=O)c2ccc(F)cc2)cc1. The van der Waals surface area contributed by atoms with Crippen molar-refractivity contribution in [3.8, 4) is 5.75 Å². The Hall–Kier alpha value is -2.36. The first-order valence-electron chi connectivity index (χ1n) is 6.74. The summed E-state index contributed by atoms with van der Waals surface area (Å²) in [6.07, 6.45) is 0.757. The Balaban J connectivity index is 1.92. The summed E-state index contributed by atoms with van der Waals surface area (Å²) >= 11 is 0. The van der Waals surface area contributed by atoms with E-state index in [-0.39, 0.29) is 11.7 Å². The summed E-state index contributed by atoms with van der Waals surface area (Å²) < 4.78 is 18.0. The molecular formula is C17H18FNO2. The molecule has 0 saturated carbocycles. The number of methoxy groups -OCH3 is 1. The Morgan fingerprint density at radius 1 is 1.10 bits per heavy atom. The van der Waals surface area contributed by atoms with Gasteiger partial charge in [-0.25, -0.2) is 4.39 Å². The summed E-state index contributed by atoms with van der Waals surface area (Å²) in [4.78, 5) is 13.8. The molecule has 2 rings (SSSR count). The fourth-order valence-corrected chi connectivity index (χ4v) is 2.00. The smallest absolute Gasteiger partial charge is 0.253 e. The van der Waals surface area contributed by atoms with E-state index in [9.17, 15) is 9.18 Å². The average Bonchev–Trinajstić information content (AvgIpc) is 2.53. The molecule has 0 bridgehead atoms. The molecule has 1 amide bonds. The van der Waals surface area contributed by atoms with E-state index < -0.39 is 0 Å². The van der Waals surface area contributed by atoms with Gasteiger partial charge in [0.1, 0.15) is 11.6 Å². The van der Waals surface area contributed by atoms with Gasteiger partial charge >= 0.3 is 0 Å². The molecule has 2 aromatic rings. The van der Waals surface area contributed by atoms with E-state index in [1.54, 1.807) is 19.1 Å². The minimum absolute atomic E-state index is 0.108. The van der Waals surface area contributed by atoms with Crippen molar-refractivity contribution in [2.75, 3.05) is 20.7 Å². The number of benzene rings is 2. The van der Waals surface area contributed by atoms with Crippen molar-refractivity contribution in [3.05, 3.63) is 65.5 Å². The van der Waals surface area contributed by atoms with Crippen molar-refractivity contribution in [2.24, 2.45) is 0 Å². The van der Waals surface area contributed by atoms with E-state index in [4.69, 9.17) is 4.74 Å². The third-order valence-corrected chi connectivity index (χ3v) is 3.33. The number of nitrogens with zero attached hydrogens (tertiary/aromatic N) is 1. The fourth-order valence-electron chi connectivity index (χ4n) is 2.00. The molecule has 110 valence electrons. The van der Waals surface area contributed by atoms with Crippen molar-refractivity contribution in [2.45, 2.75) is 6.42 Å². The Kier molecular flexibility index (Phi) is 4.93. The lowest BCUT2D eigenvalue weighted by Crippen LogP contribution is -2.28. The van der Waals surface area contributed by atoms with E-state index in [0.717, 1.165) is 17.7 Å². The molecule has 0 aliphatic heterocycles. The number of rotatable bonds is 5. The van der Waals surface area contributed by atoms with Gasteiger partial charge in [-0.2, -0.15) is 0 Å². The minimum Gasteiger partial charge on any atom is -0.497 e. The van der Waals surface area contributed by atoms with Gasteiger partial charge in [0.25, 0.3) is 5.91 Å². The third kappa shape index (κ3) is 4.05. The molecule has 0 aliphatic carbocycles. The van der Waals surface area contributed by atoms with Crippen LogP contribution in [0.2, 0.25) is 0 Å². The lowest BCUT2D eigenvalue weighted by molar-refractivity contribution is 0.0796. The molecule has 0 heterocycles. The lowest BCUT2D eigenvalue weighted by atomic mass is 10.1. The zero-order valence-corrected chi connectivity index (χ0v) is 12.2. The highest BCUT2D eigenvalue weighted by molar-refractivity contribution is 5.94. The van der Waals surface area contributed by atoms with Crippen molar-refractivity contribution in [3.63, 3.8) is 0 Å². The number of hydrogen-bond donors (Lipinski definition) is 0. The Morgan fingerprint density at radius 3 is 2.29 bits per heavy atom. The van der Waals surface area contributed by atoms with Crippen molar-refractivity contribution >= 4 is 5.91 Å². The summed E-state index contributed by atoms with van der Waals surface area (Å²) in [5, 5.41) is 0. The van der Waals surface area contributed by atoms with Crippen LogP contribution in [-0.2, 0) is 6.42 Å². The van der Waals surface area contributed by atoms with Crippen LogP contribution in [0.1, 0.15) is 15.9 Å². The quantitative estimate of drug-likeness (QED) is 0.845. The number of likely N-dealkylation sites (N-methyl/N-ethyl adjacent to an activating group) is 1. The van der Waals surface area contributed by atoms with Crippen LogP contribution in [0.3, 0.4) is 0 Å². The molecule has 0 N–H and O–H groups in total. The summed E-state index contributed by atoms with van der Waals surface area (Å²) in [5.74, 6) is 0.366. The highest BCUT2D eigenvalue weighted by Crippen LogP contribution is 2.12. The van der Waals surface area contributed by atoms with Gasteiger partial charge in [0.15, 0.2) is 0 Å². The number of carbonyl (C=O) groups is 1. The summed E-state index contributed by atoms with van der Waals surface area (Å²) in [6, 6.07) is 13.4. The van der Waals surface area contributed by atoms with Gasteiger partial charge in [-0.05, 0) is 48.4 Å². The maximum absolute atomic E-state index is 12.8. The highest BCUT2D eigenvalue weighted by atomic mass is 19.1. The second kappa shape index (κ2) is 6.88. The van der Waals surface area contributed by atoms with Gasteiger partial charge in [0.2, 0.25) is 0 Å². The molecule has 0 fully saturated rings. The van der Waals surface area contributed by atoms with Gasteiger partial charge in [0, 0.05) is 19.2 Å². The van der Waals surface area contributed by atoms with E-state index in [2.05, 4.69) is 0 Å². The lowest BCUT2D eigenvalue weighted by Gasteiger charge is -2.17. The van der Waals surface area contributed by atoms with Crippen LogP contribution in [0.15, 0.2) is 48.5 Å². The van der Waals surface area contributed by atoms with Crippen molar-refractivity contribution < 1.29 is 13.9 Å². The molecule has 0 unspecified atom stereocenters. The third-order valence-electron chi connectivity index (χ3n) is 3.33. The molecule has 0 saturated heterocycles. The number of ether oxygens (including phenoxy) is 1. The normalized spacial score (nSPS) is 10.2. The summed E-state index contributed by atoms with van der Waals surface area (Å²) in [5.41, 5.74) is 1.63. The maximum atomic E-state index is 12.8. The first-order valence-corrected chi connectivity index (χ1v) is 6.74. The zero-order chi connectivity index (χ0) is 15.2. The van der Waals surface area contributed by atoms with E-state index in [1.165, 1.54) is 24.3 Å². The van der Waals surface area contributed by atoms with E-state index >= 15 is 0 Å². The molecule has 4 heteroatoms. The molecule has 0 aromatic heterocycles. The van der Waals surface area contributed by atoms with E-state index in [0.29, 0.717) is 12.1 Å². The molecular weight excluding hydrogens is 269 g/mol. The first-order chi connectivity index (χ1) is 10.1. The minimum atomic E-state index is -0.340. The average molecular weight is 287 g/mol. The van der Waals surface area contributed by atoms with Gasteiger partial charge in [-0.3, -0.25) is 4.79 Å². The topological polar surface area (TPSA) is 29.5 Å². The van der Waals surface area contributed by atoms with Gasteiger partial charge < -0.3 is 9.64 Å². The standard InChI is InChI=1S/C17H18FNO2/c1-19(17(20)14-5-7-15(18)8-6-14)12-11-13-3-9-16(21-2)10-4-13/h3-10H,11-12H2,1-2H3. The largest absolute Gasteiger partial charge is 0.497 e. The van der Waals surface area contributed by atoms with Crippen molar-refractivity contribution in [1.29, 1.82) is 0 Å². The van der Waals surface area contributed by atoms with Crippen molar-refractivity contribution in [1.82, 2.24) is 4.90 Å². The zero-order valence-electron chi connectivity index (χ0n) is 12.2. The molecule has 0 spiro atoms. The fraction of sp³-hybridized carbons (Fsp3) is 0.235. The molecule has 21 heavy (non-hydrogen) atoms. The Labute approximate surface area is 124 Å². The molecule has 0 radical (unpaired) electrons. The number of hydrogen-bond acceptors (Lipinski definition) is 2. The molecule has 2 aromatic carbocycles. The Morgan fingerprint density at radius 2 is 1.71 bits per heavy atom. The molecule has 0 aliphatic rings. The maximum Gasteiger partial charge on any atom is 0.253 e. The van der Waals surface area contributed by atoms with Crippen LogP contribution in [0.25, 0.3) is 0 Å². The number of amides is 1.